The number of nitrogens with one attached hydrogen (secondary N) is 2. The van der Waals surface area contributed by atoms with E-state index in [0.717, 1.165) is 26.9 Å². The lowest BCUT2D eigenvalue weighted by molar-refractivity contribution is -0.110. The number of halogens is 1. The van der Waals surface area contributed by atoms with E-state index in [0.29, 0.717) is 22.5 Å². The number of anilines is 1. The van der Waals surface area contributed by atoms with Crippen molar-refractivity contribution in [1.82, 2.24) is 4.98 Å². The smallest absolute Gasteiger partial charge is 0.340 e. The minimum absolute atomic E-state index is 0.179. The molecular formula is C23H19BrN2O3. The third-order valence-corrected chi connectivity index (χ3v) is 5.31. The number of carbonyl (C=O) groups is 2. The summed E-state index contributed by atoms with van der Waals surface area (Å²) in [7, 11) is 0. The fourth-order valence-corrected chi connectivity index (χ4v) is 3.93. The minimum Gasteiger partial charge on any atom is -0.462 e. The van der Waals surface area contributed by atoms with Gasteiger partial charge < -0.3 is 15.0 Å². The first-order valence-electron chi connectivity index (χ1n) is 9.27. The molecule has 0 spiro atoms. The van der Waals surface area contributed by atoms with E-state index in [4.69, 9.17) is 4.74 Å². The predicted octanol–water partition coefficient (Wildman–Crippen LogP) is 5.42. The summed E-state index contributed by atoms with van der Waals surface area (Å²) in [6, 6.07) is 15.3. The number of H-pyrrole nitrogens is 1. The van der Waals surface area contributed by atoms with Crippen molar-refractivity contribution in [2.75, 3.05) is 11.9 Å². The van der Waals surface area contributed by atoms with Gasteiger partial charge in [-0.25, -0.2) is 4.79 Å². The van der Waals surface area contributed by atoms with Crippen LogP contribution in [0.3, 0.4) is 0 Å². The zero-order valence-corrected chi connectivity index (χ0v) is 17.6. The van der Waals surface area contributed by atoms with E-state index in [2.05, 4.69) is 26.2 Å². The Hall–Kier alpha value is -3.12. The highest BCUT2D eigenvalue weighted by Gasteiger charge is 2.27. The highest BCUT2D eigenvalue weighted by molar-refractivity contribution is 9.10. The highest BCUT2D eigenvalue weighted by atomic mass is 79.9. The van der Waals surface area contributed by atoms with Crippen LogP contribution >= 0.6 is 15.9 Å². The molecule has 0 fully saturated rings. The summed E-state index contributed by atoms with van der Waals surface area (Å²) in [6.45, 7) is 3.90. The average molecular weight is 451 g/mol. The molecule has 29 heavy (non-hydrogen) atoms. The van der Waals surface area contributed by atoms with E-state index in [9.17, 15) is 9.59 Å². The lowest BCUT2D eigenvalue weighted by Gasteiger charge is -2.07. The van der Waals surface area contributed by atoms with Crippen LogP contribution in [-0.2, 0) is 9.53 Å². The van der Waals surface area contributed by atoms with E-state index >= 15 is 0 Å². The second kappa shape index (κ2) is 7.72. The molecule has 1 aliphatic heterocycles. The predicted molar refractivity (Wildman–Crippen MR) is 118 cm³/mol. The van der Waals surface area contributed by atoms with E-state index in [1.54, 1.807) is 13.0 Å². The molecule has 146 valence electrons. The van der Waals surface area contributed by atoms with Gasteiger partial charge in [0.25, 0.3) is 5.91 Å². The molecule has 0 radical (unpaired) electrons. The fourth-order valence-electron chi connectivity index (χ4n) is 3.57. The Balaban J connectivity index is 1.93. The number of esters is 1. The molecule has 0 saturated heterocycles. The summed E-state index contributed by atoms with van der Waals surface area (Å²) in [5, 5.41) is 2.89. The number of fused-ring (bicyclic) bond motifs is 1. The van der Waals surface area contributed by atoms with Crippen LogP contribution in [0.2, 0.25) is 0 Å². The van der Waals surface area contributed by atoms with Crippen molar-refractivity contribution in [2.24, 2.45) is 0 Å². The first kappa shape index (κ1) is 19.2. The summed E-state index contributed by atoms with van der Waals surface area (Å²) < 4.78 is 6.17. The van der Waals surface area contributed by atoms with Gasteiger partial charge in [0.2, 0.25) is 0 Å². The van der Waals surface area contributed by atoms with Gasteiger partial charge in [0.05, 0.1) is 17.7 Å². The third kappa shape index (κ3) is 3.51. The molecule has 0 unspecified atom stereocenters. The van der Waals surface area contributed by atoms with Crippen LogP contribution in [0.15, 0.2) is 53.0 Å². The molecule has 2 heterocycles. The molecule has 6 heteroatoms. The number of ether oxygens (including phenoxy) is 1. The van der Waals surface area contributed by atoms with Crippen molar-refractivity contribution < 1.29 is 14.3 Å². The Labute approximate surface area is 176 Å². The lowest BCUT2D eigenvalue weighted by Crippen LogP contribution is -2.06. The summed E-state index contributed by atoms with van der Waals surface area (Å²) in [4.78, 5) is 28.6. The number of aryl methyl sites for hydroxylation is 1. The van der Waals surface area contributed by atoms with Gasteiger partial charge in [0.15, 0.2) is 0 Å². The van der Waals surface area contributed by atoms with E-state index in [1.807, 2.05) is 55.5 Å². The first-order chi connectivity index (χ1) is 14.0. The number of hydrogen-bond donors (Lipinski definition) is 2. The number of aromatic amines is 1. The van der Waals surface area contributed by atoms with Crippen LogP contribution in [0.4, 0.5) is 5.69 Å². The first-order valence-corrected chi connectivity index (χ1v) is 10.1. The standard InChI is InChI=1S/C23H19BrN2O3/c1-3-29-23(28)20-13(2)25-19(21(20)14-7-5-4-6-8-14)12-17-16-11-15(24)9-10-18(16)26-22(17)27/h4-12,25H,3H2,1-2H3,(H,26,27)/b17-12-. The minimum atomic E-state index is -0.385. The number of benzene rings is 2. The van der Waals surface area contributed by atoms with Crippen LogP contribution in [0, 0.1) is 6.92 Å². The maximum absolute atomic E-state index is 12.7. The maximum atomic E-state index is 12.7. The van der Waals surface area contributed by atoms with Gasteiger partial charge in [-0.15, -0.1) is 0 Å². The number of carbonyl (C=O) groups excluding carboxylic acids is 2. The van der Waals surface area contributed by atoms with Crippen LogP contribution in [0.5, 0.6) is 0 Å². The summed E-state index contributed by atoms with van der Waals surface area (Å²) in [6.07, 6.45) is 1.80. The van der Waals surface area contributed by atoms with Gasteiger partial charge in [-0.3, -0.25) is 4.79 Å². The Bertz CT molecular complexity index is 1150. The topological polar surface area (TPSA) is 71.2 Å². The van der Waals surface area contributed by atoms with E-state index in [1.165, 1.54) is 0 Å². The Morgan fingerprint density at radius 1 is 1.17 bits per heavy atom. The van der Waals surface area contributed by atoms with Crippen molar-refractivity contribution in [3.63, 3.8) is 0 Å². The van der Waals surface area contributed by atoms with Crippen molar-refractivity contribution in [2.45, 2.75) is 13.8 Å². The number of amides is 1. The van der Waals surface area contributed by atoms with Gasteiger partial charge in [0, 0.05) is 32.7 Å². The number of aromatic nitrogens is 1. The largest absolute Gasteiger partial charge is 0.462 e. The van der Waals surface area contributed by atoms with Gasteiger partial charge >= 0.3 is 5.97 Å². The van der Waals surface area contributed by atoms with Crippen LogP contribution < -0.4 is 5.32 Å². The van der Waals surface area contributed by atoms with Crippen LogP contribution in [-0.4, -0.2) is 23.5 Å². The molecule has 0 saturated carbocycles. The van der Waals surface area contributed by atoms with Gasteiger partial charge in [-0.1, -0.05) is 46.3 Å². The molecule has 4 rings (SSSR count). The SMILES string of the molecule is CCOC(=O)c1c(C)[nH]c(/C=C2\C(=O)Nc3ccc(Br)cc32)c1-c1ccccc1. The van der Waals surface area contributed by atoms with Crippen LogP contribution in [0.1, 0.15) is 34.2 Å². The zero-order chi connectivity index (χ0) is 20.5. The lowest BCUT2D eigenvalue weighted by atomic mass is 9.98. The highest BCUT2D eigenvalue weighted by Crippen LogP contribution is 2.38. The van der Waals surface area contributed by atoms with Crippen molar-refractivity contribution in [3.05, 3.63) is 75.5 Å². The van der Waals surface area contributed by atoms with Crippen LogP contribution in [0.25, 0.3) is 22.8 Å². The van der Waals surface area contributed by atoms with Crippen molar-refractivity contribution >= 4 is 45.1 Å². The fraction of sp³-hybridized carbons (Fsp3) is 0.130. The molecule has 0 aliphatic carbocycles. The van der Waals surface area contributed by atoms with Gasteiger partial charge in [-0.2, -0.15) is 0 Å². The number of rotatable bonds is 4. The average Bonchev–Trinajstić information content (AvgIpc) is 3.19. The molecule has 1 amide bonds. The van der Waals surface area contributed by atoms with Gasteiger partial charge in [-0.05, 0) is 43.7 Å². The quantitative estimate of drug-likeness (QED) is 0.411. The van der Waals surface area contributed by atoms with E-state index in [-0.39, 0.29) is 18.5 Å². The summed E-state index contributed by atoms with van der Waals surface area (Å²) in [5.74, 6) is -0.564. The Morgan fingerprint density at radius 2 is 1.93 bits per heavy atom. The monoisotopic (exact) mass is 450 g/mol. The summed E-state index contributed by atoms with van der Waals surface area (Å²) in [5.41, 5.74) is 5.59. The van der Waals surface area contributed by atoms with E-state index < -0.39 is 0 Å². The molecule has 1 aromatic heterocycles. The second-order valence-corrected chi connectivity index (χ2v) is 7.62. The molecule has 2 aromatic carbocycles. The van der Waals surface area contributed by atoms with Crippen molar-refractivity contribution in [3.8, 4) is 11.1 Å². The Morgan fingerprint density at radius 3 is 2.66 bits per heavy atom. The molecule has 1 aliphatic rings. The second-order valence-electron chi connectivity index (χ2n) is 6.70. The molecular weight excluding hydrogens is 432 g/mol. The molecule has 0 bridgehead atoms. The summed E-state index contributed by atoms with van der Waals surface area (Å²) >= 11 is 3.47. The van der Waals surface area contributed by atoms with Crippen molar-refractivity contribution in [1.29, 1.82) is 0 Å². The molecule has 0 atom stereocenters. The zero-order valence-electron chi connectivity index (χ0n) is 16.0. The third-order valence-electron chi connectivity index (χ3n) is 4.81. The normalized spacial score (nSPS) is 14.0. The number of hydrogen-bond acceptors (Lipinski definition) is 3. The maximum Gasteiger partial charge on any atom is 0.340 e. The van der Waals surface area contributed by atoms with Gasteiger partial charge in [0.1, 0.15) is 0 Å². The molecule has 5 nitrogen and oxygen atoms in total. The molecule has 2 N–H and O–H groups in total. The Kier molecular flexibility index (Phi) is 5.11. The molecule has 3 aromatic rings.